The van der Waals surface area contributed by atoms with Crippen molar-refractivity contribution in [2.45, 2.75) is 47.2 Å². The third-order valence-corrected chi connectivity index (χ3v) is 2.14. The van der Waals surface area contributed by atoms with Gasteiger partial charge in [0.2, 0.25) is 0 Å². The Morgan fingerprint density at radius 3 is 1.83 bits per heavy atom. The smallest absolute Gasteiger partial charge is 0.0596 e. The molecule has 2 nitrogen and oxygen atoms in total. The van der Waals surface area contributed by atoms with E-state index in [1.54, 1.807) is 0 Å². The second-order valence-corrected chi connectivity index (χ2v) is 5.49. The van der Waals surface area contributed by atoms with Crippen molar-refractivity contribution in [1.82, 2.24) is 5.32 Å². The minimum absolute atomic E-state index is 0.0803. The van der Waals surface area contributed by atoms with Gasteiger partial charge in [-0.15, -0.1) is 0 Å². The second kappa shape index (κ2) is 3.75. The van der Waals surface area contributed by atoms with Gasteiger partial charge in [0.05, 0.1) is 6.17 Å². The number of hydrogen-bond acceptors (Lipinski definition) is 2. The molecule has 0 spiro atoms. The third-order valence-electron chi connectivity index (χ3n) is 2.14. The SMILES string of the molecule is CNC(N)C(C)(C)CC(C)(C)C. The Morgan fingerprint density at radius 1 is 1.17 bits per heavy atom. The Bertz CT molecular complexity index is 133. The summed E-state index contributed by atoms with van der Waals surface area (Å²) in [4.78, 5) is 0. The minimum atomic E-state index is 0.0803. The van der Waals surface area contributed by atoms with Crippen LogP contribution in [0.25, 0.3) is 0 Å². The highest BCUT2D eigenvalue weighted by atomic mass is 15.0. The summed E-state index contributed by atoms with van der Waals surface area (Å²) in [6.07, 6.45) is 1.21. The maximum Gasteiger partial charge on any atom is 0.0596 e. The highest BCUT2D eigenvalue weighted by Crippen LogP contribution is 2.34. The van der Waals surface area contributed by atoms with Gasteiger partial charge in [0.1, 0.15) is 0 Å². The van der Waals surface area contributed by atoms with E-state index in [9.17, 15) is 0 Å². The van der Waals surface area contributed by atoms with Crippen LogP contribution in [0.5, 0.6) is 0 Å². The Labute approximate surface area is 76.9 Å². The summed E-state index contributed by atoms with van der Waals surface area (Å²) in [5.41, 5.74) is 6.45. The zero-order valence-corrected chi connectivity index (χ0v) is 9.36. The van der Waals surface area contributed by atoms with Gasteiger partial charge < -0.3 is 11.1 Å². The fraction of sp³-hybridized carbons (Fsp3) is 1.00. The van der Waals surface area contributed by atoms with Gasteiger partial charge in [-0.05, 0) is 24.3 Å². The first-order chi connectivity index (χ1) is 5.19. The van der Waals surface area contributed by atoms with Gasteiger partial charge in [-0.2, -0.15) is 0 Å². The lowest BCUT2D eigenvalue weighted by Crippen LogP contribution is -2.48. The third kappa shape index (κ3) is 4.07. The van der Waals surface area contributed by atoms with E-state index in [0.29, 0.717) is 5.41 Å². The summed E-state index contributed by atoms with van der Waals surface area (Å²) >= 11 is 0. The monoisotopic (exact) mass is 172 g/mol. The average molecular weight is 172 g/mol. The van der Waals surface area contributed by atoms with Gasteiger partial charge in [-0.3, -0.25) is 0 Å². The van der Waals surface area contributed by atoms with E-state index in [2.05, 4.69) is 39.9 Å². The first-order valence-electron chi connectivity index (χ1n) is 4.62. The van der Waals surface area contributed by atoms with Crippen molar-refractivity contribution in [3.63, 3.8) is 0 Å². The van der Waals surface area contributed by atoms with Crippen molar-refractivity contribution < 1.29 is 0 Å². The van der Waals surface area contributed by atoms with Gasteiger partial charge in [0.15, 0.2) is 0 Å². The van der Waals surface area contributed by atoms with Crippen LogP contribution in [0.15, 0.2) is 0 Å². The molecule has 0 aromatic heterocycles. The van der Waals surface area contributed by atoms with Crippen molar-refractivity contribution in [2.75, 3.05) is 7.05 Å². The van der Waals surface area contributed by atoms with E-state index >= 15 is 0 Å². The molecule has 0 aromatic rings. The molecule has 0 aliphatic carbocycles. The van der Waals surface area contributed by atoms with Crippen LogP contribution in [0.1, 0.15) is 41.0 Å². The Balaban J connectivity index is 4.22. The molecule has 0 amide bonds. The molecule has 74 valence electrons. The number of hydrogen-bond donors (Lipinski definition) is 2. The summed E-state index contributed by atoms with van der Waals surface area (Å²) in [5, 5.41) is 3.11. The summed E-state index contributed by atoms with van der Waals surface area (Å²) in [7, 11) is 1.91. The van der Waals surface area contributed by atoms with Gasteiger partial charge in [0, 0.05) is 0 Å². The van der Waals surface area contributed by atoms with E-state index in [0.717, 1.165) is 6.42 Å². The molecule has 2 heteroatoms. The van der Waals surface area contributed by atoms with E-state index in [1.807, 2.05) is 7.05 Å². The maximum absolute atomic E-state index is 5.95. The van der Waals surface area contributed by atoms with Crippen LogP contribution in [0.2, 0.25) is 0 Å². The van der Waals surface area contributed by atoms with E-state index in [-0.39, 0.29) is 11.6 Å². The van der Waals surface area contributed by atoms with Crippen LogP contribution in [0.4, 0.5) is 0 Å². The standard InChI is InChI=1S/C10H24N2/c1-9(2,3)7-10(4,5)8(11)12-6/h8,12H,7,11H2,1-6H3. The molecular formula is C10H24N2. The lowest BCUT2D eigenvalue weighted by molar-refractivity contribution is 0.160. The van der Waals surface area contributed by atoms with E-state index in [1.165, 1.54) is 0 Å². The van der Waals surface area contributed by atoms with Gasteiger partial charge in [-0.25, -0.2) is 0 Å². The zero-order chi connectivity index (χ0) is 9.99. The molecule has 0 saturated heterocycles. The zero-order valence-electron chi connectivity index (χ0n) is 9.36. The highest BCUT2D eigenvalue weighted by molar-refractivity contribution is 4.83. The summed E-state index contributed by atoms with van der Waals surface area (Å²) in [6.45, 7) is 11.2. The summed E-state index contributed by atoms with van der Waals surface area (Å²) in [6, 6.07) is 0. The minimum Gasteiger partial charge on any atom is -0.315 e. The van der Waals surface area contributed by atoms with Crippen LogP contribution in [-0.2, 0) is 0 Å². The predicted molar refractivity (Wildman–Crippen MR) is 54.9 cm³/mol. The van der Waals surface area contributed by atoms with Crippen molar-refractivity contribution >= 4 is 0 Å². The molecule has 0 aliphatic rings. The molecule has 12 heavy (non-hydrogen) atoms. The van der Waals surface area contributed by atoms with Crippen LogP contribution >= 0.6 is 0 Å². The molecule has 0 fully saturated rings. The molecule has 0 heterocycles. The molecule has 0 saturated carbocycles. The molecular weight excluding hydrogens is 148 g/mol. The van der Waals surface area contributed by atoms with Gasteiger partial charge >= 0.3 is 0 Å². The molecule has 1 unspecified atom stereocenters. The Morgan fingerprint density at radius 2 is 1.58 bits per heavy atom. The lowest BCUT2D eigenvalue weighted by atomic mass is 9.74. The second-order valence-electron chi connectivity index (χ2n) is 5.49. The molecule has 3 N–H and O–H groups in total. The topological polar surface area (TPSA) is 38.0 Å². The number of nitrogens with two attached hydrogens (primary N) is 1. The van der Waals surface area contributed by atoms with Crippen molar-refractivity contribution in [3.8, 4) is 0 Å². The fourth-order valence-corrected chi connectivity index (χ4v) is 1.87. The van der Waals surface area contributed by atoms with Crippen LogP contribution in [0.3, 0.4) is 0 Å². The van der Waals surface area contributed by atoms with Crippen LogP contribution in [-0.4, -0.2) is 13.2 Å². The Kier molecular flexibility index (Phi) is 3.73. The highest BCUT2D eigenvalue weighted by Gasteiger charge is 2.30. The molecule has 0 rings (SSSR count). The van der Waals surface area contributed by atoms with E-state index in [4.69, 9.17) is 5.73 Å². The maximum atomic E-state index is 5.95. The molecule has 1 atom stereocenters. The Hall–Kier alpha value is -0.0800. The predicted octanol–water partition coefficient (Wildman–Crippen LogP) is 1.95. The quantitative estimate of drug-likeness (QED) is 0.639. The first-order valence-corrected chi connectivity index (χ1v) is 4.62. The van der Waals surface area contributed by atoms with Crippen LogP contribution in [0, 0.1) is 10.8 Å². The van der Waals surface area contributed by atoms with Crippen molar-refractivity contribution in [2.24, 2.45) is 16.6 Å². The fourth-order valence-electron chi connectivity index (χ4n) is 1.87. The van der Waals surface area contributed by atoms with Gasteiger partial charge in [-0.1, -0.05) is 34.6 Å². The lowest BCUT2D eigenvalue weighted by Gasteiger charge is -2.36. The normalized spacial score (nSPS) is 16.2. The average Bonchev–Trinajstić information content (AvgIpc) is 1.80. The van der Waals surface area contributed by atoms with Gasteiger partial charge in [0.25, 0.3) is 0 Å². The van der Waals surface area contributed by atoms with E-state index < -0.39 is 0 Å². The largest absolute Gasteiger partial charge is 0.315 e. The molecule has 0 radical (unpaired) electrons. The first kappa shape index (κ1) is 11.9. The number of rotatable bonds is 3. The molecule has 0 bridgehead atoms. The van der Waals surface area contributed by atoms with Crippen molar-refractivity contribution in [3.05, 3.63) is 0 Å². The summed E-state index contributed by atoms with van der Waals surface area (Å²) < 4.78 is 0. The number of nitrogens with one attached hydrogen (secondary N) is 1. The van der Waals surface area contributed by atoms with Crippen molar-refractivity contribution in [1.29, 1.82) is 0 Å². The molecule has 0 aromatic carbocycles. The summed E-state index contributed by atoms with van der Waals surface area (Å²) in [5.74, 6) is 0. The molecule has 0 aliphatic heterocycles. The van der Waals surface area contributed by atoms with Crippen LogP contribution < -0.4 is 11.1 Å².